The number of imidazole rings is 1. The van der Waals surface area contributed by atoms with Crippen LogP contribution in [0.25, 0.3) is 5.65 Å². The number of methoxy groups -OCH3 is 1. The third-order valence-electron chi connectivity index (χ3n) is 3.88. The summed E-state index contributed by atoms with van der Waals surface area (Å²) in [5.41, 5.74) is 3.61. The highest BCUT2D eigenvalue weighted by atomic mass is 16.5. The average Bonchev–Trinajstić information content (AvgIpc) is 3.03. The number of aromatic nitrogens is 2. The maximum absolute atomic E-state index is 11.8. The smallest absolute Gasteiger partial charge is 0.341 e. The lowest BCUT2D eigenvalue weighted by molar-refractivity contribution is 0.0602. The number of nitriles is 1. The molecule has 25 heavy (non-hydrogen) atoms. The van der Waals surface area contributed by atoms with Crippen LogP contribution in [-0.2, 0) is 17.8 Å². The van der Waals surface area contributed by atoms with Crippen molar-refractivity contribution in [1.82, 2.24) is 14.3 Å². The van der Waals surface area contributed by atoms with Gasteiger partial charge in [-0.25, -0.2) is 9.78 Å². The van der Waals surface area contributed by atoms with Gasteiger partial charge in [-0.3, -0.25) is 4.90 Å². The summed E-state index contributed by atoms with van der Waals surface area (Å²) in [6, 6.07) is 13.2. The third-order valence-corrected chi connectivity index (χ3v) is 3.88. The monoisotopic (exact) mass is 334 g/mol. The molecule has 0 amide bonds. The molecule has 3 aromatic rings. The lowest BCUT2D eigenvalue weighted by Crippen LogP contribution is -2.17. The Balaban J connectivity index is 1.78. The van der Waals surface area contributed by atoms with Crippen molar-refractivity contribution in [3.05, 3.63) is 71.2 Å². The van der Waals surface area contributed by atoms with Gasteiger partial charge in [-0.15, -0.1) is 0 Å². The van der Waals surface area contributed by atoms with Gasteiger partial charge in [0.05, 0.1) is 24.4 Å². The number of hydrogen-bond acceptors (Lipinski definition) is 5. The first kappa shape index (κ1) is 16.7. The average molecular weight is 334 g/mol. The second-order valence-electron chi connectivity index (χ2n) is 5.86. The largest absolute Gasteiger partial charge is 0.465 e. The van der Waals surface area contributed by atoms with E-state index in [2.05, 4.69) is 16.0 Å². The van der Waals surface area contributed by atoms with Gasteiger partial charge in [-0.05, 0) is 36.9 Å². The quantitative estimate of drug-likeness (QED) is 0.671. The fraction of sp³-hybridized carbons (Fsp3) is 0.211. The van der Waals surface area contributed by atoms with Gasteiger partial charge < -0.3 is 9.14 Å². The van der Waals surface area contributed by atoms with Crippen LogP contribution in [0.2, 0.25) is 0 Å². The van der Waals surface area contributed by atoms with Gasteiger partial charge in [0, 0.05) is 25.5 Å². The summed E-state index contributed by atoms with van der Waals surface area (Å²) in [4.78, 5) is 18.5. The zero-order chi connectivity index (χ0) is 17.8. The van der Waals surface area contributed by atoms with Crippen LogP contribution < -0.4 is 0 Å². The summed E-state index contributed by atoms with van der Waals surface area (Å²) in [5.74, 6) is -0.399. The van der Waals surface area contributed by atoms with E-state index in [1.54, 1.807) is 18.2 Å². The molecule has 0 aliphatic rings. The molecule has 1 aromatic carbocycles. The van der Waals surface area contributed by atoms with Crippen molar-refractivity contribution in [2.75, 3.05) is 14.2 Å². The van der Waals surface area contributed by atoms with E-state index in [0.29, 0.717) is 29.9 Å². The van der Waals surface area contributed by atoms with Crippen LogP contribution >= 0.6 is 0 Å². The minimum absolute atomic E-state index is 0.399. The number of esters is 1. The van der Waals surface area contributed by atoms with E-state index in [4.69, 9.17) is 10.00 Å². The molecule has 6 nitrogen and oxygen atoms in total. The molecule has 2 heterocycles. The summed E-state index contributed by atoms with van der Waals surface area (Å²) in [6.45, 7) is 1.33. The Bertz CT molecular complexity index is 955. The lowest BCUT2D eigenvalue weighted by atomic mass is 10.1. The molecule has 0 aliphatic heterocycles. The van der Waals surface area contributed by atoms with Crippen LogP contribution in [0.5, 0.6) is 0 Å². The van der Waals surface area contributed by atoms with Crippen LogP contribution in [0.15, 0.2) is 48.8 Å². The molecule has 0 aliphatic carbocycles. The Morgan fingerprint density at radius 1 is 1.32 bits per heavy atom. The molecule has 0 saturated carbocycles. The number of nitrogens with zero attached hydrogens (tertiary/aromatic N) is 4. The van der Waals surface area contributed by atoms with Crippen LogP contribution in [0, 0.1) is 11.3 Å². The molecule has 0 atom stereocenters. The van der Waals surface area contributed by atoms with Gasteiger partial charge in [0.15, 0.2) is 5.65 Å². The van der Waals surface area contributed by atoms with E-state index >= 15 is 0 Å². The zero-order valence-electron chi connectivity index (χ0n) is 14.1. The molecule has 0 bridgehead atoms. The Morgan fingerprint density at radius 3 is 2.92 bits per heavy atom. The van der Waals surface area contributed by atoms with E-state index in [9.17, 15) is 4.79 Å². The summed E-state index contributed by atoms with van der Waals surface area (Å²) in [7, 11) is 3.35. The van der Waals surface area contributed by atoms with Crippen molar-refractivity contribution in [3.8, 4) is 6.07 Å². The molecule has 2 aromatic heterocycles. The number of carbonyl (C=O) groups excluding carboxylic acids is 1. The molecule has 0 saturated heterocycles. The molecule has 0 unspecified atom stereocenters. The number of carbonyl (C=O) groups is 1. The molecule has 126 valence electrons. The fourth-order valence-corrected chi connectivity index (χ4v) is 2.79. The molecular weight excluding hydrogens is 316 g/mol. The Labute approximate surface area is 145 Å². The van der Waals surface area contributed by atoms with E-state index in [1.807, 2.05) is 42.0 Å². The molecular formula is C19H18N4O2. The topological polar surface area (TPSA) is 70.6 Å². The molecule has 6 heteroatoms. The highest BCUT2D eigenvalue weighted by molar-refractivity contribution is 5.95. The summed E-state index contributed by atoms with van der Waals surface area (Å²) < 4.78 is 6.63. The number of pyridine rings is 1. The second-order valence-corrected chi connectivity index (χ2v) is 5.86. The first-order chi connectivity index (χ1) is 12.1. The second kappa shape index (κ2) is 7.16. The number of hydrogen-bond donors (Lipinski definition) is 0. The third kappa shape index (κ3) is 3.67. The molecule has 3 rings (SSSR count). The van der Waals surface area contributed by atoms with Crippen LogP contribution in [0.1, 0.15) is 27.2 Å². The minimum atomic E-state index is -0.399. The Morgan fingerprint density at radius 2 is 2.16 bits per heavy atom. The van der Waals surface area contributed by atoms with Crippen LogP contribution in [0.3, 0.4) is 0 Å². The van der Waals surface area contributed by atoms with E-state index in [-0.39, 0.29) is 0 Å². The van der Waals surface area contributed by atoms with Crippen molar-refractivity contribution in [3.63, 3.8) is 0 Å². The van der Waals surface area contributed by atoms with Gasteiger partial charge in [0.1, 0.15) is 5.56 Å². The molecule has 0 radical (unpaired) electrons. The van der Waals surface area contributed by atoms with E-state index in [0.717, 1.165) is 11.3 Å². The maximum atomic E-state index is 11.8. The zero-order valence-corrected chi connectivity index (χ0v) is 14.1. The van der Waals surface area contributed by atoms with E-state index < -0.39 is 5.97 Å². The lowest BCUT2D eigenvalue weighted by Gasteiger charge is -2.15. The standard InChI is InChI=1S/C19H18N4O2/c1-22(11-15-6-3-5-14(9-15)10-20)12-16-13-23-8-4-7-17(18(23)21-16)19(24)25-2/h3-9,13H,11-12H2,1-2H3. The molecule has 0 N–H and O–H groups in total. The fourth-order valence-electron chi connectivity index (χ4n) is 2.79. The number of benzene rings is 1. The number of fused-ring (bicyclic) bond motifs is 1. The highest BCUT2D eigenvalue weighted by Crippen LogP contribution is 2.14. The maximum Gasteiger partial charge on any atom is 0.341 e. The van der Waals surface area contributed by atoms with Crippen LogP contribution in [0.4, 0.5) is 0 Å². The normalized spacial score (nSPS) is 10.8. The van der Waals surface area contributed by atoms with Gasteiger partial charge in [0.2, 0.25) is 0 Å². The summed E-state index contributed by atoms with van der Waals surface area (Å²) >= 11 is 0. The van der Waals surface area contributed by atoms with Gasteiger partial charge in [-0.1, -0.05) is 12.1 Å². The predicted octanol–water partition coefficient (Wildman–Crippen LogP) is 2.62. The first-order valence-electron chi connectivity index (χ1n) is 7.83. The summed E-state index contributed by atoms with van der Waals surface area (Å²) in [6.07, 6.45) is 3.76. The highest BCUT2D eigenvalue weighted by Gasteiger charge is 2.14. The van der Waals surface area contributed by atoms with Crippen molar-refractivity contribution in [1.29, 1.82) is 5.26 Å². The van der Waals surface area contributed by atoms with Gasteiger partial charge in [0.25, 0.3) is 0 Å². The molecule has 0 fully saturated rings. The van der Waals surface area contributed by atoms with Gasteiger partial charge in [-0.2, -0.15) is 5.26 Å². The molecule has 0 spiro atoms. The van der Waals surface area contributed by atoms with Gasteiger partial charge >= 0.3 is 5.97 Å². The SMILES string of the molecule is COC(=O)c1cccn2cc(CN(C)Cc3cccc(C#N)c3)nc12. The van der Waals surface area contributed by atoms with Crippen molar-refractivity contribution in [2.45, 2.75) is 13.1 Å². The number of rotatable bonds is 5. The van der Waals surface area contributed by atoms with Crippen molar-refractivity contribution in [2.24, 2.45) is 0 Å². The van der Waals surface area contributed by atoms with E-state index in [1.165, 1.54) is 7.11 Å². The predicted molar refractivity (Wildman–Crippen MR) is 92.9 cm³/mol. The Hall–Kier alpha value is -3.17. The minimum Gasteiger partial charge on any atom is -0.465 e. The van der Waals surface area contributed by atoms with Crippen molar-refractivity contribution < 1.29 is 9.53 Å². The Kier molecular flexibility index (Phi) is 4.78. The van der Waals surface area contributed by atoms with Crippen LogP contribution in [-0.4, -0.2) is 34.4 Å². The first-order valence-corrected chi connectivity index (χ1v) is 7.83. The number of ether oxygens (including phenoxy) is 1. The summed E-state index contributed by atoms with van der Waals surface area (Å²) in [5, 5.41) is 8.99. The van der Waals surface area contributed by atoms with Crippen molar-refractivity contribution >= 4 is 11.6 Å².